The molecule has 1 aliphatic rings. The Morgan fingerprint density at radius 2 is 1.33 bits per heavy atom. The normalized spacial score (nSPS) is 27.8. The van der Waals surface area contributed by atoms with E-state index in [1.807, 2.05) is 0 Å². The van der Waals surface area contributed by atoms with E-state index in [0.29, 0.717) is 0 Å². The molecule has 0 heterocycles. The molecule has 2 atom stereocenters. The van der Waals surface area contributed by atoms with Crippen LogP contribution >= 0.6 is 0 Å². The molecule has 18 heavy (non-hydrogen) atoms. The fourth-order valence-corrected chi connectivity index (χ4v) is 2.24. The third-order valence-corrected chi connectivity index (χ3v) is 3.09. The van der Waals surface area contributed by atoms with Crippen molar-refractivity contribution in [1.29, 1.82) is 0 Å². The van der Waals surface area contributed by atoms with Crippen molar-refractivity contribution in [2.45, 2.75) is 39.2 Å². The second kappa shape index (κ2) is 5.84. The van der Waals surface area contributed by atoms with E-state index >= 15 is 0 Å². The van der Waals surface area contributed by atoms with Gasteiger partial charge >= 0.3 is 17.9 Å². The zero-order valence-electron chi connectivity index (χ0n) is 10.5. The summed E-state index contributed by atoms with van der Waals surface area (Å²) in [4.78, 5) is 33.7. The minimum Gasteiger partial charge on any atom is -0.481 e. The summed E-state index contributed by atoms with van der Waals surface area (Å²) in [5, 5.41) is 17.9. The van der Waals surface area contributed by atoms with Gasteiger partial charge in [0.2, 0.25) is 0 Å². The van der Waals surface area contributed by atoms with Gasteiger partial charge in [0.05, 0.1) is 23.9 Å². The molecule has 0 aromatic rings. The van der Waals surface area contributed by atoms with Crippen molar-refractivity contribution in [2.24, 2.45) is 17.8 Å². The van der Waals surface area contributed by atoms with Crippen LogP contribution in [0.1, 0.15) is 33.1 Å². The van der Waals surface area contributed by atoms with Crippen LogP contribution in [0.15, 0.2) is 0 Å². The maximum absolute atomic E-state index is 11.7. The first-order chi connectivity index (χ1) is 8.31. The molecule has 1 fully saturated rings. The second-order valence-electron chi connectivity index (χ2n) is 4.96. The van der Waals surface area contributed by atoms with Crippen molar-refractivity contribution in [3.8, 4) is 0 Å². The van der Waals surface area contributed by atoms with Gasteiger partial charge < -0.3 is 14.9 Å². The molecule has 1 saturated carbocycles. The van der Waals surface area contributed by atoms with Crippen molar-refractivity contribution in [1.82, 2.24) is 0 Å². The summed E-state index contributed by atoms with van der Waals surface area (Å²) in [5.74, 6) is -4.81. The lowest BCUT2D eigenvalue weighted by atomic mass is 9.75. The molecule has 2 N–H and O–H groups in total. The SMILES string of the molecule is CC(C)OC(=O)C1CC(C(=O)O)CC(C(=O)O)C1. The highest BCUT2D eigenvalue weighted by Gasteiger charge is 2.39. The number of rotatable bonds is 4. The molecule has 0 radical (unpaired) electrons. The van der Waals surface area contributed by atoms with E-state index in [1.54, 1.807) is 13.8 Å². The number of hydrogen-bond donors (Lipinski definition) is 2. The molecular formula is C12H18O6. The minimum atomic E-state index is -1.05. The summed E-state index contributed by atoms with van der Waals surface area (Å²) in [5.41, 5.74) is 0. The average molecular weight is 258 g/mol. The van der Waals surface area contributed by atoms with Crippen LogP contribution in [-0.2, 0) is 19.1 Å². The summed E-state index contributed by atoms with van der Waals surface area (Å²) in [7, 11) is 0. The Bertz CT molecular complexity index is 326. The van der Waals surface area contributed by atoms with Gasteiger partial charge in [-0.25, -0.2) is 0 Å². The van der Waals surface area contributed by atoms with Gasteiger partial charge in [-0.2, -0.15) is 0 Å². The van der Waals surface area contributed by atoms with E-state index in [-0.39, 0.29) is 25.4 Å². The zero-order valence-corrected chi connectivity index (χ0v) is 10.5. The van der Waals surface area contributed by atoms with Gasteiger partial charge in [-0.05, 0) is 33.1 Å². The summed E-state index contributed by atoms with van der Waals surface area (Å²) in [6, 6.07) is 0. The first kappa shape index (κ1) is 14.5. The van der Waals surface area contributed by atoms with E-state index in [4.69, 9.17) is 14.9 Å². The van der Waals surface area contributed by atoms with Gasteiger partial charge in [0, 0.05) is 0 Å². The molecule has 1 rings (SSSR count). The van der Waals surface area contributed by atoms with Gasteiger partial charge in [-0.1, -0.05) is 0 Å². The standard InChI is InChI=1S/C12H18O6/c1-6(2)18-12(17)9-4-7(10(13)14)3-8(5-9)11(15)16/h6-9H,3-5H2,1-2H3,(H,13,14)(H,15,16). The number of carbonyl (C=O) groups is 3. The summed E-state index contributed by atoms with van der Waals surface area (Å²) < 4.78 is 5.02. The van der Waals surface area contributed by atoms with Crippen molar-refractivity contribution >= 4 is 17.9 Å². The lowest BCUT2D eigenvalue weighted by Gasteiger charge is -2.29. The van der Waals surface area contributed by atoms with Crippen molar-refractivity contribution in [2.75, 3.05) is 0 Å². The number of esters is 1. The van der Waals surface area contributed by atoms with Crippen LogP contribution in [0.4, 0.5) is 0 Å². The molecule has 6 heteroatoms. The van der Waals surface area contributed by atoms with Crippen molar-refractivity contribution < 1.29 is 29.3 Å². The third kappa shape index (κ3) is 3.72. The summed E-state index contributed by atoms with van der Waals surface area (Å²) >= 11 is 0. The lowest BCUT2D eigenvalue weighted by Crippen LogP contribution is -2.36. The highest BCUT2D eigenvalue weighted by atomic mass is 16.5. The Balaban J connectivity index is 2.75. The molecule has 0 aliphatic heterocycles. The van der Waals surface area contributed by atoms with Gasteiger partial charge in [-0.3, -0.25) is 14.4 Å². The molecule has 6 nitrogen and oxygen atoms in total. The number of carbonyl (C=O) groups excluding carboxylic acids is 1. The number of hydrogen-bond acceptors (Lipinski definition) is 4. The molecule has 0 aromatic carbocycles. The van der Waals surface area contributed by atoms with Crippen LogP contribution in [0.5, 0.6) is 0 Å². The number of ether oxygens (including phenoxy) is 1. The maximum atomic E-state index is 11.7. The first-order valence-electron chi connectivity index (χ1n) is 5.97. The molecule has 2 unspecified atom stereocenters. The van der Waals surface area contributed by atoms with Crippen molar-refractivity contribution in [3.63, 3.8) is 0 Å². The Morgan fingerprint density at radius 3 is 1.67 bits per heavy atom. The van der Waals surface area contributed by atoms with Gasteiger partial charge in [0.1, 0.15) is 0 Å². The Labute approximate surface area is 105 Å². The fraction of sp³-hybridized carbons (Fsp3) is 0.750. The third-order valence-electron chi connectivity index (χ3n) is 3.09. The lowest BCUT2D eigenvalue weighted by molar-refractivity contribution is -0.159. The maximum Gasteiger partial charge on any atom is 0.309 e. The van der Waals surface area contributed by atoms with Crippen LogP contribution in [0.25, 0.3) is 0 Å². The summed E-state index contributed by atoms with van der Waals surface area (Å²) in [6.45, 7) is 3.40. The molecule has 102 valence electrons. The molecular weight excluding hydrogens is 240 g/mol. The van der Waals surface area contributed by atoms with Crippen LogP contribution in [0.2, 0.25) is 0 Å². The highest BCUT2D eigenvalue weighted by Crippen LogP contribution is 2.34. The van der Waals surface area contributed by atoms with Gasteiger partial charge in [0.15, 0.2) is 0 Å². The predicted molar refractivity (Wildman–Crippen MR) is 60.8 cm³/mol. The van der Waals surface area contributed by atoms with Crippen molar-refractivity contribution in [3.05, 3.63) is 0 Å². The highest BCUT2D eigenvalue weighted by molar-refractivity contribution is 5.79. The fourth-order valence-electron chi connectivity index (χ4n) is 2.24. The first-order valence-corrected chi connectivity index (χ1v) is 5.97. The summed E-state index contributed by atoms with van der Waals surface area (Å²) in [6.07, 6.45) is 0.108. The van der Waals surface area contributed by atoms with E-state index in [2.05, 4.69) is 0 Å². The zero-order chi connectivity index (χ0) is 13.9. The molecule has 0 bridgehead atoms. The molecule has 0 spiro atoms. The van der Waals surface area contributed by atoms with E-state index in [0.717, 1.165) is 0 Å². The Hall–Kier alpha value is -1.59. The van der Waals surface area contributed by atoms with Crippen LogP contribution in [-0.4, -0.2) is 34.2 Å². The van der Waals surface area contributed by atoms with E-state index < -0.39 is 35.7 Å². The number of carboxylic acid groups (broad SMARTS) is 2. The van der Waals surface area contributed by atoms with Crippen LogP contribution in [0.3, 0.4) is 0 Å². The van der Waals surface area contributed by atoms with Gasteiger partial charge in [-0.15, -0.1) is 0 Å². The van der Waals surface area contributed by atoms with E-state index in [9.17, 15) is 14.4 Å². The molecule has 0 saturated heterocycles. The quantitative estimate of drug-likeness (QED) is 0.733. The molecule has 1 aliphatic carbocycles. The number of carboxylic acids is 2. The van der Waals surface area contributed by atoms with Gasteiger partial charge in [0.25, 0.3) is 0 Å². The molecule has 0 amide bonds. The Kier molecular flexibility index (Phi) is 4.69. The topological polar surface area (TPSA) is 101 Å². The Morgan fingerprint density at radius 1 is 0.944 bits per heavy atom. The minimum absolute atomic E-state index is 0.0795. The second-order valence-corrected chi connectivity index (χ2v) is 4.96. The molecule has 0 aromatic heterocycles. The average Bonchev–Trinajstić information content (AvgIpc) is 2.27. The monoisotopic (exact) mass is 258 g/mol. The largest absolute Gasteiger partial charge is 0.481 e. The van der Waals surface area contributed by atoms with E-state index in [1.165, 1.54) is 0 Å². The predicted octanol–water partition coefficient (Wildman–Crippen LogP) is 1.14. The number of aliphatic carboxylic acids is 2. The van der Waals surface area contributed by atoms with Crippen LogP contribution < -0.4 is 0 Å². The smallest absolute Gasteiger partial charge is 0.309 e. The van der Waals surface area contributed by atoms with Crippen LogP contribution in [0, 0.1) is 17.8 Å².